The summed E-state index contributed by atoms with van der Waals surface area (Å²) in [6, 6.07) is 0. The van der Waals surface area contributed by atoms with E-state index in [1.807, 2.05) is 0 Å². The van der Waals surface area contributed by atoms with Gasteiger partial charge in [0.2, 0.25) is 0 Å². The second kappa shape index (κ2) is 12.0. The van der Waals surface area contributed by atoms with Crippen LogP contribution < -0.4 is 0 Å². The standard InChI is InChI=1S/C6H6N2O2Se2.C4H8S2Se2/c9-3-7-5-1-11-2-6(12-5)8-4-10;5-3-1-7-2-4(6)8-3/h5-6H,1-2H2;3-6H,1-2H2. The van der Waals surface area contributed by atoms with Gasteiger partial charge in [-0.15, -0.1) is 0 Å². The summed E-state index contributed by atoms with van der Waals surface area (Å²) in [6.45, 7) is 0. The molecule has 10 heteroatoms. The molecule has 0 aromatic carbocycles. The van der Waals surface area contributed by atoms with E-state index in [9.17, 15) is 9.59 Å². The quantitative estimate of drug-likeness (QED) is 0.216. The van der Waals surface area contributed by atoms with Gasteiger partial charge < -0.3 is 0 Å². The van der Waals surface area contributed by atoms with E-state index in [1.165, 1.54) is 10.6 Å². The molecule has 4 unspecified atom stereocenters. The van der Waals surface area contributed by atoms with Crippen LogP contribution >= 0.6 is 25.3 Å². The molecule has 2 rings (SSSR count). The van der Waals surface area contributed by atoms with Crippen LogP contribution in [0.25, 0.3) is 0 Å². The first-order valence-electron chi connectivity index (χ1n) is 5.62. The van der Waals surface area contributed by atoms with Crippen LogP contribution in [0, 0.1) is 0 Å². The van der Waals surface area contributed by atoms with Crippen molar-refractivity contribution in [2.75, 3.05) is 0 Å². The molecule has 2 aliphatic rings. The Morgan fingerprint density at radius 1 is 0.800 bits per heavy atom. The van der Waals surface area contributed by atoms with Crippen molar-refractivity contribution >= 4 is 97.2 Å². The maximum atomic E-state index is 9.95. The van der Waals surface area contributed by atoms with Crippen molar-refractivity contribution in [2.24, 2.45) is 9.98 Å². The molecule has 2 aliphatic heterocycles. The molecule has 0 aromatic heterocycles. The van der Waals surface area contributed by atoms with Crippen molar-refractivity contribution in [1.29, 1.82) is 0 Å². The zero-order chi connectivity index (χ0) is 14.8. The molecule has 4 atom stereocenters. The summed E-state index contributed by atoms with van der Waals surface area (Å²) in [5.74, 6) is 0. The van der Waals surface area contributed by atoms with Crippen LogP contribution in [0.5, 0.6) is 0 Å². The van der Waals surface area contributed by atoms with Crippen molar-refractivity contribution in [3.63, 3.8) is 0 Å². The molecular formula is C10H14N2O2S2Se4. The third-order valence-electron chi connectivity index (χ3n) is 2.06. The van der Waals surface area contributed by atoms with Gasteiger partial charge in [0.15, 0.2) is 0 Å². The molecule has 112 valence electrons. The van der Waals surface area contributed by atoms with E-state index in [2.05, 4.69) is 35.2 Å². The first kappa shape index (κ1) is 19.6. The normalized spacial score (nSPS) is 32.9. The van der Waals surface area contributed by atoms with E-state index in [0.717, 1.165) is 33.9 Å². The van der Waals surface area contributed by atoms with Crippen LogP contribution in [0.2, 0.25) is 21.3 Å². The molecule has 0 spiro atoms. The number of nitrogens with zero attached hydrogens (tertiary/aromatic N) is 2. The molecule has 2 heterocycles. The van der Waals surface area contributed by atoms with Crippen LogP contribution in [0.3, 0.4) is 0 Å². The van der Waals surface area contributed by atoms with Crippen LogP contribution in [-0.4, -0.2) is 90.2 Å². The molecule has 0 aliphatic carbocycles. The fourth-order valence-electron chi connectivity index (χ4n) is 1.31. The van der Waals surface area contributed by atoms with E-state index >= 15 is 0 Å². The number of thiol groups is 2. The fourth-order valence-corrected chi connectivity index (χ4v) is 17.2. The fraction of sp³-hybridized carbons (Fsp3) is 0.800. The Labute approximate surface area is 155 Å². The summed E-state index contributed by atoms with van der Waals surface area (Å²) in [4.78, 5) is 27.4. The molecule has 4 nitrogen and oxygen atoms in total. The Morgan fingerprint density at radius 2 is 1.25 bits per heavy atom. The van der Waals surface area contributed by atoms with E-state index < -0.39 is 0 Å². The van der Waals surface area contributed by atoms with Gasteiger partial charge in [0, 0.05) is 0 Å². The molecule has 0 bridgehead atoms. The summed E-state index contributed by atoms with van der Waals surface area (Å²) in [7, 11) is 0. The van der Waals surface area contributed by atoms with Gasteiger partial charge in [-0.2, -0.15) is 0 Å². The van der Waals surface area contributed by atoms with Gasteiger partial charge in [-0.05, 0) is 0 Å². The minimum atomic E-state index is 0.103. The first-order chi connectivity index (χ1) is 9.65. The zero-order valence-electron chi connectivity index (χ0n) is 10.4. The number of rotatable bonds is 2. The Bertz CT molecular complexity index is 359. The maximum absolute atomic E-state index is 9.95. The van der Waals surface area contributed by atoms with Gasteiger partial charge in [-0.25, -0.2) is 0 Å². The summed E-state index contributed by atoms with van der Waals surface area (Å²) in [6.07, 6.45) is 3.12. The molecule has 0 amide bonds. The predicted octanol–water partition coefficient (Wildman–Crippen LogP) is 0.326. The third kappa shape index (κ3) is 8.85. The van der Waals surface area contributed by atoms with Gasteiger partial charge in [0.1, 0.15) is 0 Å². The zero-order valence-corrected chi connectivity index (χ0v) is 19.0. The van der Waals surface area contributed by atoms with Crippen molar-refractivity contribution < 1.29 is 9.59 Å². The van der Waals surface area contributed by atoms with Gasteiger partial charge >= 0.3 is 156 Å². The van der Waals surface area contributed by atoms with E-state index in [4.69, 9.17) is 0 Å². The van der Waals surface area contributed by atoms with Crippen LogP contribution in [0.15, 0.2) is 9.98 Å². The molecule has 0 N–H and O–H groups in total. The van der Waals surface area contributed by atoms with E-state index in [0.29, 0.717) is 29.9 Å². The van der Waals surface area contributed by atoms with E-state index in [1.54, 1.807) is 12.2 Å². The van der Waals surface area contributed by atoms with Gasteiger partial charge in [0.05, 0.1) is 0 Å². The Morgan fingerprint density at radius 3 is 1.60 bits per heavy atom. The number of hydrogen-bond acceptors (Lipinski definition) is 6. The molecular weight excluding hydrogens is 560 g/mol. The molecule has 20 heavy (non-hydrogen) atoms. The van der Waals surface area contributed by atoms with Crippen molar-refractivity contribution in [2.45, 2.75) is 39.5 Å². The van der Waals surface area contributed by atoms with Crippen LogP contribution in [0.1, 0.15) is 0 Å². The second-order valence-corrected chi connectivity index (χ2v) is 16.7. The Hall–Kier alpha value is 1.54. The summed E-state index contributed by atoms with van der Waals surface area (Å²) in [5, 5.41) is 4.75. The monoisotopic (exact) mass is 578 g/mol. The number of isocyanates is 2. The minimum absolute atomic E-state index is 0.103. The summed E-state index contributed by atoms with van der Waals surface area (Å²) < 4.78 is 1.44. The Balaban J connectivity index is 0.000000217. The molecule has 2 fully saturated rings. The summed E-state index contributed by atoms with van der Waals surface area (Å²) in [5.41, 5.74) is 0. The average molecular weight is 574 g/mol. The van der Waals surface area contributed by atoms with Crippen molar-refractivity contribution in [1.82, 2.24) is 0 Å². The van der Waals surface area contributed by atoms with Crippen molar-refractivity contribution in [3.8, 4) is 0 Å². The number of hydrogen-bond donors (Lipinski definition) is 2. The second-order valence-electron chi connectivity index (χ2n) is 3.61. The third-order valence-corrected chi connectivity index (χ3v) is 18.3. The SMILES string of the molecule is O=C=NC1C[Se]CC(N=C=O)[Se]1.SC1C[Se]CC(S)[Se]1. The molecule has 0 saturated carbocycles. The average Bonchev–Trinajstić information content (AvgIpc) is 2.40. The van der Waals surface area contributed by atoms with Crippen molar-refractivity contribution in [3.05, 3.63) is 0 Å². The molecule has 2 saturated heterocycles. The first-order valence-corrected chi connectivity index (χ1v) is 15.5. The number of carbonyl (C=O) groups excluding carboxylic acids is 2. The number of aliphatic imine (C=N–C) groups is 2. The van der Waals surface area contributed by atoms with E-state index in [-0.39, 0.29) is 24.8 Å². The summed E-state index contributed by atoms with van der Waals surface area (Å²) >= 11 is 11.0. The Kier molecular flexibility index (Phi) is 11.8. The van der Waals surface area contributed by atoms with Crippen LogP contribution in [0.4, 0.5) is 0 Å². The van der Waals surface area contributed by atoms with Gasteiger partial charge in [-0.3, -0.25) is 0 Å². The van der Waals surface area contributed by atoms with Gasteiger partial charge in [-0.1, -0.05) is 0 Å². The molecule has 0 aromatic rings. The topological polar surface area (TPSA) is 58.9 Å². The molecule has 0 radical (unpaired) electrons. The predicted molar refractivity (Wildman–Crippen MR) is 91.6 cm³/mol. The van der Waals surface area contributed by atoms with Crippen LogP contribution in [-0.2, 0) is 9.59 Å². The van der Waals surface area contributed by atoms with Gasteiger partial charge in [0.25, 0.3) is 0 Å².